The van der Waals surface area contributed by atoms with Crippen molar-refractivity contribution >= 4 is 27.5 Å². The van der Waals surface area contributed by atoms with E-state index in [0.717, 1.165) is 35.8 Å². The Kier molecular flexibility index (Phi) is 7.60. The number of aliphatic carboxylic acids is 1. The van der Waals surface area contributed by atoms with Gasteiger partial charge in [0.15, 0.2) is 5.65 Å². The Labute approximate surface area is 252 Å². The molecule has 2 atom stereocenters. The zero-order valence-corrected chi connectivity index (χ0v) is 24.9. The van der Waals surface area contributed by atoms with Gasteiger partial charge in [-0.3, -0.25) is 9.20 Å². The fourth-order valence-corrected chi connectivity index (χ4v) is 8.02. The number of sulfonamides is 1. The number of alkyl halides is 3. The molecule has 3 aromatic heterocycles. The highest BCUT2D eigenvalue weighted by atomic mass is 32.2. The highest BCUT2D eigenvalue weighted by Gasteiger charge is 2.40. The lowest BCUT2D eigenvalue weighted by atomic mass is 9.85. The first-order valence-electron chi connectivity index (χ1n) is 14.3. The molecule has 0 saturated carbocycles. The summed E-state index contributed by atoms with van der Waals surface area (Å²) in [5.74, 6) is -2.52. The van der Waals surface area contributed by atoms with E-state index in [1.165, 1.54) is 16.6 Å². The number of pyridine rings is 2. The summed E-state index contributed by atoms with van der Waals surface area (Å²) in [6.45, 7) is 4.53. The summed E-state index contributed by atoms with van der Waals surface area (Å²) in [7, 11) is -3.91. The fourth-order valence-electron chi connectivity index (χ4n) is 6.41. The van der Waals surface area contributed by atoms with Crippen LogP contribution in [-0.4, -0.2) is 62.5 Å². The molecule has 2 aliphatic rings. The molecule has 232 valence electrons. The van der Waals surface area contributed by atoms with Gasteiger partial charge in [0, 0.05) is 44.0 Å². The first-order valence-corrected chi connectivity index (χ1v) is 15.7. The van der Waals surface area contributed by atoms with Gasteiger partial charge in [0.2, 0.25) is 15.8 Å². The molecule has 0 amide bonds. The molecule has 14 heteroatoms. The topological polar surface area (TPSA) is 121 Å². The summed E-state index contributed by atoms with van der Waals surface area (Å²) >= 11 is 0. The fraction of sp³-hybridized carbons (Fsp3) is 0.400. The van der Waals surface area contributed by atoms with Crippen LogP contribution in [0.25, 0.3) is 5.65 Å². The monoisotopic (exact) mass is 628 g/mol. The first-order chi connectivity index (χ1) is 20.9. The molecule has 6 rings (SSSR count). The number of anilines is 1. The molecule has 0 bridgehead atoms. The lowest BCUT2D eigenvalue weighted by Gasteiger charge is -2.36. The van der Waals surface area contributed by atoms with Crippen LogP contribution in [-0.2, 0) is 27.5 Å². The number of piperidine rings is 1. The van der Waals surface area contributed by atoms with Gasteiger partial charge < -0.3 is 10.0 Å². The van der Waals surface area contributed by atoms with Crippen molar-refractivity contribution in [1.29, 1.82) is 0 Å². The third kappa shape index (κ3) is 5.30. The molecule has 1 saturated heterocycles. The average Bonchev–Trinajstić information content (AvgIpc) is 3.40. The summed E-state index contributed by atoms with van der Waals surface area (Å²) in [5, 5.41) is 16.9. The Balaban J connectivity index is 1.40. The summed E-state index contributed by atoms with van der Waals surface area (Å²) < 4.78 is 70.7. The van der Waals surface area contributed by atoms with Crippen molar-refractivity contribution in [2.24, 2.45) is 0 Å². The average molecular weight is 629 g/mol. The number of rotatable bonds is 6. The molecule has 0 aliphatic carbocycles. The normalized spacial score (nSPS) is 19.3. The van der Waals surface area contributed by atoms with Crippen molar-refractivity contribution in [2.75, 3.05) is 18.0 Å². The minimum atomic E-state index is -4.71. The Hall–Kier alpha value is -4.04. The van der Waals surface area contributed by atoms with E-state index in [2.05, 4.69) is 20.1 Å². The van der Waals surface area contributed by atoms with Crippen LogP contribution in [0.1, 0.15) is 65.2 Å². The molecule has 0 radical (unpaired) electrons. The van der Waals surface area contributed by atoms with E-state index in [0.29, 0.717) is 28.1 Å². The van der Waals surface area contributed by atoms with Crippen LogP contribution in [0.15, 0.2) is 53.7 Å². The number of benzene rings is 1. The molecule has 44 heavy (non-hydrogen) atoms. The van der Waals surface area contributed by atoms with Gasteiger partial charge >= 0.3 is 12.1 Å². The number of hydrogen-bond donors (Lipinski definition) is 1. The van der Waals surface area contributed by atoms with Crippen LogP contribution in [0.5, 0.6) is 0 Å². The van der Waals surface area contributed by atoms with Crippen LogP contribution >= 0.6 is 0 Å². The third-order valence-electron chi connectivity index (χ3n) is 8.68. The highest BCUT2D eigenvalue weighted by molar-refractivity contribution is 7.89. The molecule has 4 aromatic rings. The molecule has 1 aromatic carbocycles. The Morgan fingerprint density at radius 3 is 2.68 bits per heavy atom. The van der Waals surface area contributed by atoms with E-state index in [9.17, 15) is 31.5 Å². The van der Waals surface area contributed by atoms with E-state index < -0.39 is 33.9 Å². The molecular weight excluding hydrogens is 597 g/mol. The zero-order chi connectivity index (χ0) is 31.4. The number of carboxylic acids is 1. The maximum atomic E-state index is 14.0. The van der Waals surface area contributed by atoms with Crippen LogP contribution in [0.4, 0.5) is 19.0 Å². The second-order valence-corrected chi connectivity index (χ2v) is 13.3. The lowest BCUT2D eigenvalue weighted by molar-refractivity contribution is -0.145. The number of nitrogens with zero attached hydrogens (tertiary/aromatic N) is 6. The number of carbonyl (C=O) groups is 1. The van der Waals surface area contributed by atoms with Crippen molar-refractivity contribution < 1.29 is 31.5 Å². The van der Waals surface area contributed by atoms with Crippen molar-refractivity contribution in [3.63, 3.8) is 0 Å². The van der Waals surface area contributed by atoms with Gasteiger partial charge in [-0.25, -0.2) is 13.4 Å². The predicted molar refractivity (Wildman–Crippen MR) is 155 cm³/mol. The zero-order valence-electron chi connectivity index (χ0n) is 24.1. The van der Waals surface area contributed by atoms with Crippen LogP contribution < -0.4 is 4.90 Å². The largest absolute Gasteiger partial charge is 0.481 e. The van der Waals surface area contributed by atoms with Crippen LogP contribution in [0.2, 0.25) is 0 Å². The number of carboxylic acid groups (broad SMARTS) is 1. The minimum absolute atomic E-state index is 0.0162. The Morgan fingerprint density at radius 1 is 1.14 bits per heavy atom. The van der Waals surface area contributed by atoms with Crippen molar-refractivity contribution in [3.05, 3.63) is 82.4 Å². The third-order valence-corrected chi connectivity index (χ3v) is 10.5. The Bertz CT molecular complexity index is 1860. The summed E-state index contributed by atoms with van der Waals surface area (Å²) in [4.78, 5) is 18.7. The molecule has 0 spiro atoms. The van der Waals surface area contributed by atoms with Crippen molar-refractivity contribution in [3.8, 4) is 0 Å². The van der Waals surface area contributed by atoms with Crippen molar-refractivity contribution in [2.45, 2.75) is 69.1 Å². The molecule has 1 N–H and O–H groups in total. The summed E-state index contributed by atoms with van der Waals surface area (Å²) in [5.41, 5.74) is 2.99. The highest BCUT2D eigenvalue weighted by Crippen LogP contribution is 2.38. The number of halogens is 3. The quantitative estimate of drug-likeness (QED) is 0.319. The van der Waals surface area contributed by atoms with Gasteiger partial charge in [-0.2, -0.15) is 17.5 Å². The maximum absolute atomic E-state index is 14.0. The van der Waals surface area contributed by atoms with E-state index in [1.54, 1.807) is 37.4 Å². The smallest absolute Gasteiger partial charge is 0.452 e. The lowest BCUT2D eigenvalue weighted by Crippen LogP contribution is -2.45. The van der Waals surface area contributed by atoms with Gasteiger partial charge in [0.25, 0.3) is 0 Å². The second-order valence-electron chi connectivity index (χ2n) is 11.4. The van der Waals surface area contributed by atoms with Crippen LogP contribution in [0, 0.1) is 13.8 Å². The number of aryl methyl sites for hydroxylation is 2. The Morgan fingerprint density at radius 2 is 1.93 bits per heavy atom. The van der Waals surface area contributed by atoms with Gasteiger partial charge in [-0.1, -0.05) is 18.2 Å². The molecule has 2 aliphatic heterocycles. The van der Waals surface area contributed by atoms with E-state index in [4.69, 9.17) is 0 Å². The second kappa shape index (κ2) is 11.1. The predicted octanol–water partition coefficient (Wildman–Crippen LogP) is 4.93. The van der Waals surface area contributed by atoms with E-state index in [-0.39, 0.29) is 36.1 Å². The molecule has 1 fully saturated rings. The summed E-state index contributed by atoms with van der Waals surface area (Å²) in [6, 6.07) is 10.0. The first kappa shape index (κ1) is 30.0. The number of fused-ring (bicyclic) bond motifs is 4. The number of hydrogen-bond acceptors (Lipinski definition) is 7. The molecule has 5 heterocycles. The summed E-state index contributed by atoms with van der Waals surface area (Å²) in [6.07, 6.45) is 0.544. The SMILES string of the molecule is Cc1ccc([C@H](CC(=O)O)c2ccn3c(C(F)(F)F)nnc3c2C)cc1CN1C[C@@H]2CCCCN2c2ncccc2S1(=O)=O. The van der Waals surface area contributed by atoms with Gasteiger partial charge in [-0.05, 0) is 79.1 Å². The van der Waals surface area contributed by atoms with Crippen LogP contribution in [0.3, 0.4) is 0 Å². The van der Waals surface area contributed by atoms with E-state index >= 15 is 0 Å². The minimum Gasteiger partial charge on any atom is -0.481 e. The van der Waals surface area contributed by atoms with Gasteiger partial charge in [0.05, 0.1) is 6.42 Å². The van der Waals surface area contributed by atoms with Gasteiger partial charge in [0.1, 0.15) is 10.7 Å². The van der Waals surface area contributed by atoms with Gasteiger partial charge in [-0.15, -0.1) is 10.2 Å². The molecule has 10 nitrogen and oxygen atoms in total. The maximum Gasteiger partial charge on any atom is 0.452 e. The molecular formula is C30H31F3N6O4S. The number of aromatic nitrogens is 4. The van der Waals surface area contributed by atoms with E-state index in [1.807, 2.05) is 13.0 Å². The molecule has 0 unspecified atom stereocenters. The van der Waals surface area contributed by atoms with Crippen molar-refractivity contribution in [1.82, 2.24) is 23.9 Å². The standard InChI is InChI=1S/C30H31F3N6O4S/c1-18-8-9-20(24(15-26(40)41)23-10-13-39-27(19(23)2)35-36-29(39)30(31,32)33)14-21(18)16-37-17-22-6-3-4-12-38(22)28-25(44(37,42)43)7-5-11-34-28/h5,7-11,13-14,22,24H,3-4,6,12,15-17H2,1-2H3,(H,40,41)/t22-,24-/m0/s1.